The molecule has 3 aromatic rings. The Kier molecular flexibility index (Phi) is 3.14. The zero-order chi connectivity index (χ0) is 15.9. The van der Waals surface area contributed by atoms with Crippen molar-refractivity contribution in [1.29, 1.82) is 0 Å². The van der Waals surface area contributed by atoms with Crippen molar-refractivity contribution in [3.05, 3.63) is 64.2 Å². The Hall–Kier alpha value is -3.15. The fourth-order valence-corrected chi connectivity index (χ4v) is 2.39. The van der Waals surface area contributed by atoms with Crippen LogP contribution in [-0.4, -0.2) is 25.7 Å². The van der Waals surface area contributed by atoms with Gasteiger partial charge in [-0.25, -0.2) is 9.78 Å². The summed E-state index contributed by atoms with van der Waals surface area (Å²) in [5, 5.41) is 19.2. The number of aromatic nitrogens is 2. The third kappa shape index (κ3) is 2.10. The van der Waals surface area contributed by atoms with Gasteiger partial charge in [0.15, 0.2) is 0 Å². The largest absolute Gasteiger partial charge is 0.507 e. The summed E-state index contributed by atoms with van der Waals surface area (Å²) in [4.78, 5) is 27.9. The number of phenols is 1. The monoisotopic (exact) mass is 296 g/mol. The number of para-hydroxylation sites is 1. The van der Waals surface area contributed by atoms with Crippen molar-refractivity contribution in [3.63, 3.8) is 0 Å². The molecule has 0 aliphatic rings. The molecule has 3 rings (SSSR count). The van der Waals surface area contributed by atoms with Gasteiger partial charge in [-0.1, -0.05) is 12.1 Å². The minimum absolute atomic E-state index is 0.219. The van der Waals surface area contributed by atoms with E-state index in [0.29, 0.717) is 22.4 Å². The van der Waals surface area contributed by atoms with E-state index < -0.39 is 11.7 Å². The Morgan fingerprint density at radius 2 is 1.91 bits per heavy atom. The van der Waals surface area contributed by atoms with Crippen molar-refractivity contribution >= 4 is 16.9 Å². The highest BCUT2D eigenvalue weighted by atomic mass is 16.4. The second-order valence-corrected chi connectivity index (χ2v) is 4.82. The smallest absolute Gasteiger partial charge is 0.339 e. The van der Waals surface area contributed by atoms with Gasteiger partial charge in [0.05, 0.1) is 16.6 Å². The number of carboxylic acids is 1. The predicted molar refractivity (Wildman–Crippen MR) is 80.7 cm³/mol. The summed E-state index contributed by atoms with van der Waals surface area (Å²) < 4.78 is 1.34. The molecule has 0 fully saturated rings. The number of rotatable bonds is 2. The maximum absolute atomic E-state index is 12.6. The minimum atomic E-state index is -1.23. The first kappa shape index (κ1) is 13.8. The van der Waals surface area contributed by atoms with Gasteiger partial charge in [0, 0.05) is 6.07 Å². The molecule has 2 aromatic carbocycles. The molecule has 1 heterocycles. The van der Waals surface area contributed by atoms with Gasteiger partial charge in [-0.2, -0.15) is 0 Å². The van der Waals surface area contributed by atoms with Gasteiger partial charge in [0.1, 0.15) is 17.1 Å². The topological polar surface area (TPSA) is 92.4 Å². The molecule has 0 amide bonds. The number of hydrogen-bond donors (Lipinski definition) is 2. The molecule has 1 aromatic heterocycles. The molecule has 6 nitrogen and oxygen atoms in total. The van der Waals surface area contributed by atoms with Crippen molar-refractivity contribution in [2.75, 3.05) is 0 Å². The molecule has 0 aliphatic heterocycles. The summed E-state index contributed by atoms with van der Waals surface area (Å²) in [5.74, 6) is -1.18. The maximum atomic E-state index is 12.6. The van der Waals surface area contributed by atoms with E-state index >= 15 is 0 Å². The zero-order valence-electron chi connectivity index (χ0n) is 11.6. The third-order valence-corrected chi connectivity index (χ3v) is 3.41. The van der Waals surface area contributed by atoms with Crippen molar-refractivity contribution in [2.45, 2.75) is 6.92 Å². The Bertz CT molecular complexity index is 960. The average molecular weight is 296 g/mol. The van der Waals surface area contributed by atoms with Gasteiger partial charge < -0.3 is 10.2 Å². The van der Waals surface area contributed by atoms with Crippen LogP contribution in [0.3, 0.4) is 0 Å². The van der Waals surface area contributed by atoms with Crippen LogP contribution in [0.1, 0.15) is 16.2 Å². The molecule has 0 unspecified atom stereocenters. The van der Waals surface area contributed by atoms with Crippen molar-refractivity contribution < 1.29 is 15.0 Å². The van der Waals surface area contributed by atoms with Crippen LogP contribution in [0, 0.1) is 6.92 Å². The Morgan fingerprint density at radius 1 is 1.18 bits per heavy atom. The number of aryl methyl sites for hydroxylation is 1. The Balaban J connectivity index is 2.29. The second kappa shape index (κ2) is 5.00. The van der Waals surface area contributed by atoms with Gasteiger partial charge in [0.25, 0.3) is 5.56 Å². The van der Waals surface area contributed by atoms with Crippen molar-refractivity contribution in [2.24, 2.45) is 0 Å². The molecular weight excluding hydrogens is 284 g/mol. The molecule has 6 heteroatoms. The molecule has 110 valence electrons. The number of aromatic carboxylic acids is 1. The fourth-order valence-electron chi connectivity index (χ4n) is 2.39. The molecule has 2 N–H and O–H groups in total. The van der Waals surface area contributed by atoms with Gasteiger partial charge in [-0.3, -0.25) is 9.36 Å². The normalized spacial score (nSPS) is 10.8. The standard InChI is InChI=1S/C16H12N2O4/c1-9-17-13-5-3-2-4-11(13)15(20)18(9)10-6-7-12(16(21)22)14(19)8-10/h2-8,19H,1H3,(H,21,22). The number of fused-ring (bicyclic) bond motifs is 1. The Labute approximate surface area is 124 Å². The van der Waals surface area contributed by atoms with E-state index in [2.05, 4.69) is 4.98 Å². The molecular formula is C16H12N2O4. The van der Waals surface area contributed by atoms with Gasteiger partial charge in [0.2, 0.25) is 0 Å². The lowest BCUT2D eigenvalue weighted by molar-refractivity contribution is 0.0694. The van der Waals surface area contributed by atoms with Crippen molar-refractivity contribution in [1.82, 2.24) is 9.55 Å². The van der Waals surface area contributed by atoms with E-state index in [1.54, 1.807) is 31.2 Å². The fraction of sp³-hybridized carbons (Fsp3) is 0.0625. The molecule has 0 radical (unpaired) electrons. The molecule has 22 heavy (non-hydrogen) atoms. The lowest BCUT2D eigenvalue weighted by Crippen LogP contribution is -2.22. The molecule has 0 saturated carbocycles. The van der Waals surface area contributed by atoms with E-state index in [-0.39, 0.29) is 11.1 Å². The lowest BCUT2D eigenvalue weighted by atomic mass is 10.1. The number of aromatic hydroxyl groups is 1. The van der Waals surface area contributed by atoms with E-state index in [1.165, 1.54) is 22.8 Å². The van der Waals surface area contributed by atoms with Crippen LogP contribution < -0.4 is 5.56 Å². The predicted octanol–water partition coefficient (Wildman–Crippen LogP) is 2.10. The summed E-state index contributed by atoms with van der Waals surface area (Å²) in [7, 11) is 0. The van der Waals surface area contributed by atoms with E-state index in [4.69, 9.17) is 5.11 Å². The summed E-state index contributed by atoms with van der Waals surface area (Å²) in [6, 6.07) is 10.9. The lowest BCUT2D eigenvalue weighted by Gasteiger charge is -2.11. The van der Waals surface area contributed by atoms with Crippen LogP contribution in [0.2, 0.25) is 0 Å². The molecule has 0 spiro atoms. The maximum Gasteiger partial charge on any atom is 0.339 e. The quantitative estimate of drug-likeness (QED) is 0.755. The highest BCUT2D eigenvalue weighted by Crippen LogP contribution is 2.21. The van der Waals surface area contributed by atoms with Crippen LogP contribution in [0.15, 0.2) is 47.3 Å². The first-order valence-corrected chi connectivity index (χ1v) is 6.54. The van der Waals surface area contributed by atoms with E-state index in [1.807, 2.05) is 0 Å². The Morgan fingerprint density at radius 3 is 2.59 bits per heavy atom. The number of benzene rings is 2. The molecule has 0 aliphatic carbocycles. The van der Waals surface area contributed by atoms with Crippen molar-refractivity contribution in [3.8, 4) is 11.4 Å². The van der Waals surface area contributed by atoms with Crippen LogP contribution in [0.5, 0.6) is 5.75 Å². The minimum Gasteiger partial charge on any atom is -0.507 e. The van der Waals surface area contributed by atoms with Crippen LogP contribution in [-0.2, 0) is 0 Å². The first-order valence-electron chi connectivity index (χ1n) is 6.54. The average Bonchev–Trinajstić information content (AvgIpc) is 2.47. The molecule has 0 saturated heterocycles. The zero-order valence-corrected chi connectivity index (χ0v) is 11.6. The summed E-state index contributed by atoms with van der Waals surface area (Å²) >= 11 is 0. The highest BCUT2D eigenvalue weighted by Gasteiger charge is 2.14. The highest BCUT2D eigenvalue weighted by molar-refractivity contribution is 5.91. The molecule has 0 atom stereocenters. The van der Waals surface area contributed by atoms with Gasteiger partial charge >= 0.3 is 5.97 Å². The second-order valence-electron chi connectivity index (χ2n) is 4.82. The van der Waals surface area contributed by atoms with Gasteiger partial charge in [-0.15, -0.1) is 0 Å². The summed E-state index contributed by atoms with van der Waals surface area (Å²) in [6.45, 7) is 1.68. The third-order valence-electron chi connectivity index (χ3n) is 3.41. The number of carboxylic acid groups (broad SMARTS) is 1. The summed E-state index contributed by atoms with van der Waals surface area (Å²) in [5.41, 5.74) is 0.463. The van der Waals surface area contributed by atoms with Crippen LogP contribution in [0.4, 0.5) is 0 Å². The van der Waals surface area contributed by atoms with Crippen LogP contribution >= 0.6 is 0 Å². The first-order chi connectivity index (χ1) is 10.5. The van der Waals surface area contributed by atoms with E-state index in [9.17, 15) is 14.7 Å². The van der Waals surface area contributed by atoms with Crippen LogP contribution in [0.25, 0.3) is 16.6 Å². The molecule has 0 bridgehead atoms. The number of nitrogens with zero attached hydrogens (tertiary/aromatic N) is 2. The summed E-state index contributed by atoms with van der Waals surface area (Å²) in [6.07, 6.45) is 0. The van der Waals surface area contributed by atoms with E-state index in [0.717, 1.165) is 0 Å². The SMILES string of the molecule is Cc1nc2ccccc2c(=O)n1-c1ccc(C(=O)O)c(O)c1. The van der Waals surface area contributed by atoms with Gasteiger partial charge in [-0.05, 0) is 31.2 Å². The number of carbonyl (C=O) groups is 1. The number of hydrogen-bond acceptors (Lipinski definition) is 4.